The molecule has 0 aliphatic carbocycles. The summed E-state index contributed by atoms with van der Waals surface area (Å²) in [5.74, 6) is 0.323. The van der Waals surface area contributed by atoms with E-state index < -0.39 is 0 Å². The van der Waals surface area contributed by atoms with Crippen LogP contribution in [0.1, 0.15) is 5.56 Å². The number of alkyl halides is 1. The van der Waals surface area contributed by atoms with Crippen LogP contribution in [0.3, 0.4) is 0 Å². The largest absolute Gasteiger partial charge is 0.508 e. The summed E-state index contributed by atoms with van der Waals surface area (Å²) in [6, 6.07) is 5.08. The molecule has 1 aromatic carbocycles. The Morgan fingerprint density at radius 1 is 1.50 bits per heavy atom. The van der Waals surface area contributed by atoms with Gasteiger partial charge in [0.15, 0.2) is 0 Å². The second-order valence-corrected chi connectivity index (χ2v) is 2.78. The first-order chi connectivity index (χ1) is 4.74. The van der Waals surface area contributed by atoms with E-state index in [-0.39, 0.29) is 0 Å². The van der Waals surface area contributed by atoms with Gasteiger partial charge in [-0.2, -0.15) is 0 Å². The summed E-state index contributed by atoms with van der Waals surface area (Å²) in [6.07, 6.45) is 0. The number of aromatic hydroxyl groups is 1. The number of phenolic OH excluding ortho intramolecular Hbond substituents is 1. The van der Waals surface area contributed by atoms with Gasteiger partial charge in [-0.15, -0.1) is 0 Å². The first-order valence-corrected chi connectivity index (χ1v) is 4.40. The van der Waals surface area contributed by atoms with Crippen LogP contribution in [-0.2, 0) is 4.43 Å². The molecule has 1 aromatic rings. The second kappa shape index (κ2) is 3.09. The molecule has 0 aromatic heterocycles. The summed E-state index contributed by atoms with van der Waals surface area (Å²) in [4.78, 5) is 0. The Balaban J connectivity index is 3.09. The molecule has 0 unspecified atom stereocenters. The van der Waals surface area contributed by atoms with E-state index in [2.05, 4.69) is 22.6 Å². The van der Waals surface area contributed by atoms with Gasteiger partial charge in [0.1, 0.15) is 5.75 Å². The van der Waals surface area contributed by atoms with Crippen molar-refractivity contribution < 1.29 is 5.11 Å². The number of halogens is 1. The van der Waals surface area contributed by atoms with Crippen molar-refractivity contribution in [1.82, 2.24) is 0 Å². The average Bonchev–Trinajstić information content (AvgIpc) is 1.94. The Hall–Kier alpha value is -0.450. The lowest BCUT2D eigenvalue weighted by Crippen LogP contribution is -1.86. The van der Waals surface area contributed by atoms with E-state index in [1.807, 2.05) is 0 Å². The molecule has 0 saturated carbocycles. The molecule has 2 nitrogen and oxygen atoms in total. The third kappa shape index (κ3) is 1.53. The summed E-state index contributed by atoms with van der Waals surface area (Å²) >= 11 is 2.18. The van der Waals surface area contributed by atoms with Crippen LogP contribution in [0.5, 0.6) is 5.75 Å². The highest BCUT2D eigenvalue weighted by Gasteiger charge is 1.97. The molecule has 54 valence electrons. The van der Waals surface area contributed by atoms with Crippen molar-refractivity contribution in [3.05, 3.63) is 23.8 Å². The van der Waals surface area contributed by atoms with E-state index >= 15 is 0 Å². The van der Waals surface area contributed by atoms with E-state index in [9.17, 15) is 5.11 Å². The minimum absolute atomic E-state index is 0.323. The number of nitrogens with two attached hydrogens (primary N) is 1. The van der Waals surface area contributed by atoms with Crippen LogP contribution in [0.15, 0.2) is 18.2 Å². The molecule has 0 radical (unpaired) electrons. The topological polar surface area (TPSA) is 46.2 Å². The molecule has 0 bridgehead atoms. The third-order valence-electron chi connectivity index (χ3n) is 1.25. The van der Waals surface area contributed by atoms with Crippen LogP contribution >= 0.6 is 22.6 Å². The zero-order valence-electron chi connectivity index (χ0n) is 5.34. The molecule has 0 atom stereocenters. The van der Waals surface area contributed by atoms with Gasteiger partial charge in [-0.3, -0.25) is 0 Å². The van der Waals surface area contributed by atoms with Crippen molar-refractivity contribution in [1.29, 1.82) is 0 Å². The smallest absolute Gasteiger partial charge is 0.119 e. The molecule has 0 aliphatic rings. The molecule has 0 heterocycles. The second-order valence-electron chi connectivity index (χ2n) is 2.02. The molecule has 1 rings (SSSR count). The maximum atomic E-state index is 9.17. The van der Waals surface area contributed by atoms with Crippen molar-refractivity contribution in [3.8, 4) is 5.75 Å². The first kappa shape index (κ1) is 7.65. The summed E-state index contributed by atoms with van der Waals surface area (Å²) in [6.45, 7) is 0. The fraction of sp³-hybridized carbons (Fsp3) is 0.143. The first-order valence-electron chi connectivity index (χ1n) is 2.87. The van der Waals surface area contributed by atoms with E-state index in [4.69, 9.17) is 5.73 Å². The highest BCUT2D eigenvalue weighted by molar-refractivity contribution is 14.1. The van der Waals surface area contributed by atoms with Crippen LogP contribution in [0.25, 0.3) is 0 Å². The van der Waals surface area contributed by atoms with Crippen molar-refractivity contribution >= 4 is 28.3 Å². The molecular formula is C7H8INO. The molecule has 0 spiro atoms. The summed E-state index contributed by atoms with van der Waals surface area (Å²) in [5, 5.41) is 9.17. The molecular weight excluding hydrogens is 241 g/mol. The van der Waals surface area contributed by atoms with Crippen molar-refractivity contribution in [2.24, 2.45) is 0 Å². The predicted octanol–water partition coefficient (Wildman–Crippen LogP) is 1.91. The minimum atomic E-state index is 0.323. The Kier molecular flexibility index (Phi) is 2.37. The fourth-order valence-electron chi connectivity index (χ4n) is 0.712. The average molecular weight is 249 g/mol. The van der Waals surface area contributed by atoms with Crippen molar-refractivity contribution in [3.63, 3.8) is 0 Å². The third-order valence-corrected chi connectivity index (χ3v) is 2.07. The molecule has 0 fully saturated rings. The lowest BCUT2D eigenvalue weighted by molar-refractivity contribution is 0.471. The molecule has 0 aliphatic heterocycles. The number of nitrogen functional groups attached to an aromatic ring is 1. The number of hydrogen-bond donors (Lipinski definition) is 2. The molecule has 10 heavy (non-hydrogen) atoms. The summed E-state index contributed by atoms with van der Waals surface area (Å²) < 4.78 is 0.786. The van der Waals surface area contributed by atoms with E-state index in [1.165, 1.54) is 0 Å². The van der Waals surface area contributed by atoms with Crippen LogP contribution in [0, 0.1) is 0 Å². The van der Waals surface area contributed by atoms with Crippen LogP contribution in [0.4, 0.5) is 5.69 Å². The lowest BCUT2D eigenvalue weighted by atomic mass is 10.2. The SMILES string of the molecule is Nc1ccc(O)c(CI)c1. The van der Waals surface area contributed by atoms with E-state index in [1.54, 1.807) is 18.2 Å². The normalized spacial score (nSPS) is 9.70. The number of rotatable bonds is 1. The summed E-state index contributed by atoms with van der Waals surface area (Å²) in [7, 11) is 0. The number of anilines is 1. The minimum Gasteiger partial charge on any atom is -0.508 e. The standard InChI is InChI=1S/C7H8INO/c8-4-5-3-6(9)1-2-7(5)10/h1-3,10H,4,9H2. The van der Waals surface area contributed by atoms with Gasteiger partial charge in [0, 0.05) is 15.7 Å². The Morgan fingerprint density at radius 3 is 2.70 bits per heavy atom. The Morgan fingerprint density at radius 2 is 2.20 bits per heavy atom. The van der Waals surface area contributed by atoms with E-state index in [0.29, 0.717) is 11.4 Å². The number of benzene rings is 1. The van der Waals surface area contributed by atoms with Gasteiger partial charge in [0.05, 0.1) is 0 Å². The monoisotopic (exact) mass is 249 g/mol. The predicted molar refractivity (Wildman–Crippen MR) is 50.2 cm³/mol. The Labute approximate surface area is 73.2 Å². The lowest BCUT2D eigenvalue weighted by Gasteiger charge is -2.00. The molecule has 3 heteroatoms. The fourth-order valence-corrected chi connectivity index (χ4v) is 1.32. The zero-order chi connectivity index (χ0) is 7.56. The van der Waals surface area contributed by atoms with Gasteiger partial charge < -0.3 is 10.8 Å². The quantitative estimate of drug-likeness (QED) is 0.345. The molecule has 3 N–H and O–H groups in total. The van der Waals surface area contributed by atoms with Crippen LogP contribution in [-0.4, -0.2) is 5.11 Å². The molecule has 0 amide bonds. The Bertz CT molecular complexity index is 237. The van der Waals surface area contributed by atoms with Crippen LogP contribution in [0.2, 0.25) is 0 Å². The highest BCUT2D eigenvalue weighted by atomic mass is 127. The van der Waals surface area contributed by atoms with Gasteiger partial charge in [-0.05, 0) is 18.2 Å². The van der Waals surface area contributed by atoms with Crippen LogP contribution < -0.4 is 5.73 Å². The van der Waals surface area contributed by atoms with Gasteiger partial charge in [0.25, 0.3) is 0 Å². The maximum absolute atomic E-state index is 9.17. The molecule has 0 saturated heterocycles. The van der Waals surface area contributed by atoms with E-state index in [0.717, 1.165) is 9.99 Å². The number of phenols is 1. The van der Waals surface area contributed by atoms with Gasteiger partial charge in [0.2, 0.25) is 0 Å². The highest BCUT2D eigenvalue weighted by Crippen LogP contribution is 2.21. The zero-order valence-corrected chi connectivity index (χ0v) is 7.50. The van der Waals surface area contributed by atoms with Crippen molar-refractivity contribution in [2.75, 3.05) is 5.73 Å². The summed E-state index contributed by atoms with van der Waals surface area (Å²) in [5.41, 5.74) is 7.08. The van der Waals surface area contributed by atoms with Gasteiger partial charge >= 0.3 is 0 Å². The number of hydrogen-bond acceptors (Lipinski definition) is 2. The van der Waals surface area contributed by atoms with Crippen molar-refractivity contribution in [2.45, 2.75) is 4.43 Å². The van der Waals surface area contributed by atoms with Gasteiger partial charge in [-0.1, -0.05) is 22.6 Å². The van der Waals surface area contributed by atoms with Gasteiger partial charge in [-0.25, -0.2) is 0 Å². The maximum Gasteiger partial charge on any atom is 0.119 e.